The quantitative estimate of drug-likeness (QED) is 0.769. The SMILES string of the molecule is Cc1ccc(CC(=O)Nc2cc(C)nn2-c2cccc(Cl)c2)cc1. The molecule has 0 fully saturated rings. The maximum absolute atomic E-state index is 12.3. The van der Waals surface area contributed by atoms with Crippen LogP contribution in [-0.2, 0) is 11.2 Å². The molecule has 1 heterocycles. The number of hydrogen-bond acceptors (Lipinski definition) is 2. The fourth-order valence-electron chi connectivity index (χ4n) is 2.47. The zero-order valence-electron chi connectivity index (χ0n) is 13.6. The summed E-state index contributed by atoms with van der Waals surface area (Å²) in [6, 6.07) is 17.1. The molecule has 0 aliphatic heterocycles. The van der Waals surface area contributed by atoms with E-state index in [2.05, 4.69) is 10.4 Å². The highest BCUT2D eigenvalue weighted by atomic mass is 35.5. The van der Waals surface area contributed by atoms with Crippen molar-refractivity contribution in [3.8, 4) is 5.69 Å². The summed E-state index contributed by atoms with van der Waals surface area (Å²) in [6.07, 6.45) is 0.319. The molecule has 0 saturated heterocycles. The van der Waals surface area contributed by atoms with Gasteiger partial charge in [-0.05, 0) is 37.6 Å². The fraction of sp³-hybridized carbons (Fsp3) is 0.158. The Hall–Kier alpha value is -2.59. The van der Waals surface area contributed by atoms with Gasteiger partial charge in [-0.15, -0.1) is 0 Å². The van der Waals surface area contributed by atoms with E-state index in [1.807, 2.05) is 62.4 Å². The Balaban J connectivity index is 1.80. The van der Waals surface area contributed by atoms with E-state index in [0.29, 0.717) is 17.3 Å². The van der Waals surface area contributed by atoms with Gasteiger partial charge in [-0.25, -0.2) is 4.68 Å². The maximum atomic E-state index is 12.3. The standard InChI is InChI=1S/C19H18ClN3O/c1-13-6-8-15(9-7-13)11-19(24)21-18-10-14(2)22-23(18)17-5-3-4-16(20)12-17/h3-10,12H,11H2,1-2H3,(H,21,24). The van der Waals surface area contributed by atoms with E-state index < -0.39 is 0 Å². The van der Waals surface area contributed by atoms with Gasteiger partial charge in [0.1, 0.15) is 5.82 Å². The highest BCUT2D eigenvalue weighted by molar-refractivity contribution is 6.30. The number of carbonyl (C=O) groups excluding carboxylic acids is 1. The molecule has 0 saturated carbocycles. The molecule has 1 aromatic heterocycles. The average molecular weight is 340 g/mol. The van der Waals surface area contributed by atoms with Crippen LogP contribution in [0.4, 0.5) is 5.82 Å². The van der Waals surface area contributed by atoms with Crippen molar-refractivity contribution in [1.29, 1.82) is 0 Å². The smallest absolute Gasteiger partial charge is 0.229 e. The molecule has 0 aliphatic rings. The minimum absolute atomic E-state index is 0.0815. The van der Waals surface area contributed by atoms with Crippen LogP contribution in [0.5, 0.6) is 0 Å². The minimum Gasteiger partial charge on any atom is -0.310 e. The molecular weight excluding hydrogens is 322 g/mol. The molecule has 3 rings (SSSR count). The topological polar surface area (TPSA) is 46.9 Å². The number of aryl methyl sites for hydroxylation is 2. The van der Waals surface area contributed by atoms with Crippen LogP contribution in [-0.4, -0.2) is 15.7 Å². The van der Waals surface area contributed by atoms with Crippen LogP contribution >= 0.6 is 11.6 Å². The molecule has 4 nitrogen and oxygen atoms in total. The Labute approximate surface area is 146 Å². The normalized spacial score (nSPS) is 10.6. The van der Waals surface area contributed by atoms with Gasteiger partial charge in [0.15, 0.2) is 0 Å². The van der Waals surface area contributed by atoms with Crippen LogP contribution in [0.1, 0.15) is 16.8 Å². The molecule has 0 aliphatic carbocycles. The van der Waals surface area contributed by atoms with Gasteiger partial charge >= 0.3 is 0 Å². The first-order valence-electron chi connectivity index (χ1n) is 7.69. The van der Waals surface area contributed by atoms with E-state index in [0.717, 1.165) is 16.9 Å². The Morgan fingerprint density at radius 1 is 1.12 bits per heavy atom. The van der Waals surface area contributed by atoms with Crippen molar-refractivity contribution in [2.24, 2.45) is 0 Å². The number of amides is 1. The molecule has 1 N–H and O–H groups in total. The van der Waals surface area contributed by atoms with E-state index in [4.69, 9.17) is 11.6 Å². The predicted molar refractivity (Wildman–Crippen MR) is 96.8 cm³/mol. The Morgan fingerprint density at radius 2 is 1.88 bits per heavy atom. The lowest BCUT2D eigenvalue weighted by atomic mass is 10.1. The summed E-state index contributed by atoms with van der Waals surface area (Å²) in [5.74, 6) is 0.550. The Bertz CT molecular complexity index is 869. The Morgan fingerprint density at radius 3 is 2.58 bits per heavy atom. The van der Waals surface area contributed by atoms with Gasteiger partial charge in [0.05, 0.1) is 17.8 Å². The minimum atomic E-state index is -0.0815. The van der Waals surface area contributed by atoms with Crippen LogP contribution in [0, 0.1) is 13.8 Å². The van der Waals surface area contributed by atoms with Crippen molar-refractivity contribution >= 4 is 23.3 Å². The summed E-state index contributed by atoms with van der Waals surface area (Å²) in [7, 11) is 0. The van der Waals surface area contributed by atoms with Crippen LogP contribution in [0.3, 0.4) is 0 Å². The predicted octanol–water partition coefficient (Wildman–Crippen LogP) is 4.32. The van der Waals surface area contributed by atoms with Crippen molar-refractivity contribution in [3.63, 3.8) is 0 Å². The fourth-order valence-corrected chi connectivity index (χ4v) is 2.66. The number of rotatable bonds is 4. The number of aromatic nitrogens is 2. The summed E-state index contributed by atoms with van der Waals surface area (Å²) in [6.45, 7) is 3.91. The van der Waals surface area contributed by atoms with Crippen molar-refractivity contribution in [3.05, 3.63) is 76.4 Å². The first-order chi connectivity index (χ1) is 11.5. The number of benzene rings is 2. The van der Waals surface area contributed by atoms with Gasteiger partial charge in [-0.1, -0.05) is 47.5 Å². The second-order valence-electron chi connectivity index (χ2n) is 5.77. The van der Waals surface area contributed by atoms with Crippen molar-refractivity contribution < 1.29 is 4.79 Å². The second kappa shape index (κ2) is 6.89. The van der Waals surface area contributed by atoms with Gasteiger partial charge in [0, 0.05) is 11.1 Å². The zero-order chi connectivity index (χ0) is 17.1. The highest BCUT2D eigenvalue weighted by Crippen LogP contribution is 2.20. The van der Waals surface area contributed by atoms with E-state index in [1.54, 1.807) is 10.7 Å². The molecule has 1 amide bonds. The first-order valence-corrected chi connectivity index (χ1v) is 8.07. The van der Waals surface area contributed by atoms with E-state index in [9.17, 15) is 4.79 Å². The third-order valence-electron chi connectivity index (χ3n) is 3.64. The lowest BCUT2D eigenvalue weighted by Crippen LogP contribution is -2.17. The van der Waals surface area contributed by atoms with E-state index in [-0.39, 0.29) is 5.91 Å². The molecule has 0 atom stereocenters. The number of anilines is 1. The lowest BCUT2D eigenvalue weighted by Gasteiger charge is -2.09. The van der Waals surface area contributed by atoms with E-state index in [1.165, 1.54) is 5.56 Å². The van der Waals surface area contributed by atoms with Crippen molar-refractivity contribution in [2.45, 2.75) is 20.3 Å². The zero-order valence-corrected chi connectivity index (χ0v) is 14.3. The van der Waals surface area contributed by atoms with Gasteiger partial charge in [0.2, 0.25) is 5.91 Å². The molecule has 24 heavy (non-hydrogen) atoms. The van der Waals surface area contributed by atoms with Crippen LogP contribution < -0.4 is 5.32 Å². The van der Waals surface area contributed by atoms with Gasteiger partial charge in [0.25, 0.3) is 0 Å². The van der Waals surface area contributed by atoms with Crippen molar-refractivity contribution in [2.75, 3.05) is 5.32 Å². The number of nitrogens with one attached hydrogen (secondary N) is 1. The Kier molecular flexibility index (Phi) is 4.67. The van der Waals surface area contributed by atoms with Crippen LogP contribution in [0.15, 0.2) is 54.6 Å². The summed E-state index contributed by atoms with van der Waals surface area (Å²) in [5, 5.41) is 7.99. The third-order valence-corrected chi connectivity index (χ3v) is 3.87. The molecule has 5 heteroatoms. The molecule has 0 unspecified atom stereocenters. The first kappa shape index (κ1) is 16.3. The van der Waals surface area contributed by atoms with Crippen LogP contribution in [0.2, 0.25) is 5.02 Å². The summed E-state index contributed by atoms with van der Waals surface area (Å²) < 4.78 is 1.69. The van der Waals surface area contributed by atoms with Gasteiger partial charge in [-0.2, -0.15) is 5.10 Å². The summed E-state index contributed by atoms with van der Waals surface area (Å²) >= 11 is 6.05. The summed E-state index contributed by atoms with van der Waals surface area (Å²) in [5.41, 5.74) is 3.78. The average Bonchev–Trinajstić information content (AvgIpc) is 2.90. The monoisotopic (exact) mass is 339 g/mol. The van der Waals surface area contributed by atoms with Gasteiger partial charge < -0.3 is 5.32 Å². The molecule has 0 bridgehead atoms. The molecule has 2 aromatic carbocycles. The molecule has 0 spiro atoms. The number of nitrogens with zero attached hydrogens (tertiary/aromatic N) is 2. The van der Waals surface area contributed by atoms with Crippen LogP contribution in [0.25, 0.3) is 5.69 Å². The number of hydrogen-bond donors (Lipinski definition) is 1. The molecule has 122 valence electrons. The molecule has 0 radical (unpaired) electrons. The van der Waals surface area contributed by atoms with E-state index >= 15 is 0 Å². The second-order valence-corrected chi connectivity index (χ2v) is 6.21. The molecular formula is C19H18ClN3O. The maximum Gasteiger partial charge on any atom is 0.229 e. The van der Waals surface area contributed by atoms with Crippen molar-refractivity contribution in [1.82, 2.24) is 9.78 Å². The number of carbonyl (C=O) groups is 1. The number of halogens is 1. The molecule has 3 aromatic rings. The third kappa shape index (κ3) is 3.84. The largest absolute Gasteiger partial charge is 0.310 e. The summed E-state index contributed by atoms with van der Waals surface area (Å²) in [4.78, 5) is 12.3. The van der Waals surface area contributed by atoms with Gasteiger partial charge in [-0.3, -0.25) is 4.79 Å². The lowest BCUT2D eigenvalue weighted by molar-refractivity contribution is -0.115. The highest BCUT2D eigenvalue weighted by Gasteiger charge is 2.11.